The molecule has 4 nitrogen and oxygen atoms in total. The summed E-state index contributed by atoms with van der Waals surface area (Å²) in [6.07, 6.45) is 5.93. The number of thiophene rings is 1. The van der Waals surface area contributed by atoms with Crippen molar-refractivity contribution in [2.75, 3.05) is 19.0 Å². The van der Waals surface area contributed by atoms with Gasteiger partial charge in [-0.25, -0.2) is 4.98 Å². The number of imidazole rings is 1. The molecule has 2 aromatic heterocycles. The van der Waals surface area contributed by atoms with Gasteiger partial charge in [-0.2, -0.15) is 0 Å². The predicted octanol–water partition coefficient (Wildman–Crippen LogP) is 3.16. The maximum Gasteiger partial charge on any atom is 0.203 e. The Bertz CT molecular complexity index is 492. The number of aryl methyl sites for hydroxylation is 2. The van der Waals surface area contributed by atoms with E-state index in [1.165, 1.54) is 10.4 Å². The Labute approximate surface area is 118 Å². The van der Waals surface area contributed by atoms with E-state index >= 15 is 0 Å². The van der Waals surface area contributed by atoms with Gasteiger partial charge in [-0.05, 0) is 29.9 Å². The predicted molar refractivity (Wildman–Crippen MR) is 79.7 cm³/mol. The van der Waals surface area contributed by atoms with Crippen LogP contribution in [0, 0.1) is 0 Å². The van der Waals surface area contributed by atoms with E-state index in [9.17, 15) is 0 Å². The van der Waals surface area contributed by atoms with E-state index in [2.05, 4.69) is 33.2 Å². The summed E-state index contributed by atoms with van der Waals surface area (Å²) < 4.78 is 7.21. The summed E-state index contributed by atoms with van der Waals surface area (Å²) in [5.74, 6) is 0.937. The van der Waals surface area contributed by atoms with Gasteiger partial charge in [0.25, 0.3) is 0 Å². The summed E-state index contributed by atoms with van der Waals surface area (Å²) in [7, 11) is 1.73. The normalized spacial score (nSPS) is 10.8. The Hall–Kier alpha value is -1.33. The van der Waals surface area contributed by atoms with Crippen LogP contribution in [0.25, 0.3) is 0 Å². The number of anilines is 1. The molecule has 0 radical (unpaired) electrons. The van der Waals surface area contributed by atoms with Gasteiger partial charge in [-0.3, -0.25) is 0 Å². The van der Waals surface area contributed by atoms with Crippen LogP contribution in [0.4, 0.5) is 5.95 Å². The molecule has 2 rings (SSSR count). The second-order valence-electron chi connectivity index (χ2n) is 4.37. The third-order valence-electron chi connectivity index (χ3n) is 3.09. The maximum absolute atomic E-state index is 5.08. The number of ether oxygens (including phenoxy) is 1. The van der Waals surface area contributed by atoms with Crippen molar-refractivity contribution < 1.29 is 4.74 Å². The Morgan fingerprint density at radius 1 is 1.47 bits per heavy atom. The lowest BCUT2D eigenvalue weighted by molar-refractivity contribution is 0.190. The van der Waals surface area contributed by atoms with Gasteiger partial charge in [0.2, 0.25) is 5.95 Å². The molecular formula is C14H21N3OS. The number of rotatable bonds is 8. The van der Waals surface area contributed by atoms with Crippen LogP contribution in [0.3, 0.4) is 0 Å². The molecule has 0 spiro atoms. The van der Waals surface area contributed by atoms with Crippen LogP contribution in [0.1, 0.15) is 23.8 Å². The Balaban J connectivity index is 1.90. The summed E-state index contributed by atoms with van der Waals surface area (Å²) in [6.45, 7) is 4.75. The molecule has 0 aliphatic carbocycles. The molecule has 0 saturated carbocycles. The zero-order valence-electron chi connectivity index (χ0n) is 11.6. The molecular weight excluding hydrogens is 258 g/mol. The van der Waals surface area contributed by atoms with Crippen molar-refractivity contribution in [3.05, 3.63) is 34.3 Å². The summed E-state index contributed by atoms with van der Waals surface area (Å²) >= 11 is 1.80. The zero-order chi connectivity index (χ0) is 13.5. The molecule has 19 heavy (non-hydrogen) atoms. The molecule has 0 amide bonds. The highest BCUT2D eigenvalue weighted by molar-refractivity contribution is 7.10. The van der Waals surface area contributed by atoms with E-state index in [0.717, 1.165) is 38.5 Å². The molecule has 0 aliphatic rings. The SMILES string of the molecule is CCc1ccsc1CNc1nccn1CCCOC. The Morgan fingerprint density at radius 2 is 2.37 bits per heavy atom. The fraction of sp³-hybridized carbons (Fsp3) is 0.500. The minimum absolute atomic E-state index is 0.780. The molecule has 2 aromatic rings. The molecule has 0 aromatic carbocycles. The van der Waals surface area contributed by atoms with Gasteiger partial charge in [-0.15, -0.1) is 11.3 Å². The van der Waals surface area contributed by atoms with Crippen molar-refractivity contribution in [3.63, 3.8) is 0 Å². The van der Waals surface area contributed by atoms with Gasteiger partial charge in [0.05, 0.1) is 6.54 Å². The minimum Gasteiger partial charge on any atom is -0.385 e. The lowest BCUT2D eigenvalue weighted by Crippen LogP contribution is -2.08. The Morgan fingerprint density at radius 3 is 3.16 bits per heavy atom. The maximum atomic E-state index is 5.08. The second-order valence-corrected chi connectivity index (χ2v) is 5.37. The first-order valence-electron chi connectivity index (χ1n) is 6.64. The van der Waals surface area contributed by atoms with Gasteiger partial charge in [-0.1, -0.05) is 6.92 Å². The summed E-state index contributed by atoms with van der Waals surface area (Å²) in [6, 6.07) is 2.20. The molecule has 2 heterocycles. The fourth-order valence-electron chi connectivity index (χ4n) is 2.03. The third kappa shape index (κ3) is 3.81. The van der Waals surface area contributed by atoms with Crippen LogP contribution in [-0.2, 0) is 24.2 Å². The zero-order valence-corrected chi connectivity index (χ0v) is 12.4. The van der Waals surface area contributed by atoms with Gasteiger partial charge >= 0.3 is 0 Å². The first-order chi connectivity index (χ1) is 9.35. The standard InChI is InChI=1S/C14H21N3OS/c1-3-12-5-10-19-13(12)11-16-14-15-6-8-17(14)7-4-9-18-2/h5-6,8,10H,3-4,7,9,11H2,1-2H3,(H,15,16). The average molecular weight is 279 g/mol. The van der Waals surface area contributed by atoms with Crippen molar-refractivity contribution in [1.29, 1.82) is 0 Å². The number of aromatic nitrogens is 2. The Kier molecular flexibility index (Phi) is 5.42. The molecule has 5 heteroatoms. The number of hydrogen-bond donors (Lipinski definition) is 1. The van der Waals surface area contributed by atoms with Crippen LogP contribution in [0.2, 0.25) is 0 Å². The minimum atomic E-state index is 0.780. The van der Waals surface area contributed by atoms with Gasteiger partial charge in [0.1, 0.15) is 0 Å². The first kappa shape index (κ1) is 14.1. The lowest BCUT2D eigenvalue weighted by atomic mass is 10.2. The number of nitrogens with zero attached hydrogens (tertiary/aromatic N) is 2. The van der Waals surface area contributed by atoms with Crippen LogP contribution in [-0.4, -0.2) is 23.3 Å². The van der Waals surface area contributed by atoms with E-state index in [-0.39, 0.29) is 0 Å². The quantitative estimate of drug-likeness (QED) is 0.754. The highest BCUT2D eigenvalue weighted by Gasteiger charge is 2.05. The highest BCUT2D eigenvalue weighted by Crippen LogP contribution is 2.18. The molecule has 0 aliphatic heterocycles. The molecule has 0 atom stereocenters. The van der Waals surface area contributed by atoms with Crippen LogP contribution in [0.5, 0.6) is 0 Å². The number of methoxy groups -OCH3 is 1. The van der Waals surface area contributed by atoms with Gasteiger partial charge in [0.15, 0.2) is 0 Å². The van der Waals surface area contributed by atoms with E-state index in [4.69, 9.17) is 4.74 Å². The molecule has 0 fully saturated rings. The number of nitrogens with one attached hydrogen (secondary N) is 1. The van der Waals surface area contributed by atoms with E-state index in [1.54, 1.807) is 18.4 Å². The van der Waals surface area contributed by atoms with Crippen LogP contribution >= 0.6 is 11.3 Å². The van der Waals surface area contributed by atoms with E-state index in [1.807, 2.05) is 12.4 Å². The lowest BCUT2D eigenvalue weighted by Gasteiger charge is -2.09. The van der Waals surface area contributed by atoms with Crippen molar-refractivity contribution in [3.8, 4) is 0 Å². The smallest absolute Gasteiger partial charge is 0.203 e. The van der Waals surface area contributed by atoms with E-state index < -0.39 is 0 Å². The molecule has 0 unspecified atom stereocenters. The summed E-state index contributed by atoms with van der Waals surface area (Å²) in [5, 5.41) is 5.57. The first-order valence-corrected chi connectivity index (χ1v) is 7.52. The second kappa shape index (κ2) is 7.31. The van der Waals surface area contributed by atoms with Gasteiger partial charge in [0, 0.05) is 37.5 Å². The molecule has 104 valence electrons. The highest BCUT2D eigenvalue weighted by atomic mass is 32.1. The van der Waals surface area contributed by atoms with Crippen molar-refractivity contribution >= 4 is 17.3 Å². The molecule has 0 bridgehead atoms. The van der Waals surface area contributed by atoms with Crippen molar-refractivity contribution in [2.45, 2.75) is 32.9 Å². The van der Waals surface area contributed by atoms with Crippen molar-refractivity contribution in [1.82, 2.24) is 9.55 Å². The molecule has 1 N–H and O–H groups in total. The van der Waals surface area contributed by atoms with Crippen LogP contribution in [0.15, 0.2) is 23.8 Å². The third-order valence-corrected chi connectivity index (χ3v) is 4.05. The number of hydrogen-bond acceptors (Lipinski definition) is 4. The average Bonchev–Trinajstić information content (AvgIpc) is 3.04. The van der Waals surface area contributed by atoms with Crippen molar-refractivity contribution in [2.24, 2.45) is 0 Å². The van der Waals surface area contributed by atoms with Gasteiger partial charge < -0.3 is 14.6 Å². The van der Waals surface area contributed by atoms with Crippen LogP contribution < -0.4 is 5.32 Å². The fourth-order valence-corrected chi connectivity index (χ4v) is 2.95. The molecule has 0 saturated heterocycles. The summed E-state index contributed by atoms with van der Waals surface area (Å²) in [5.41, 5.74) is 1.43. The largest absolute Gasteiger partial charge is 0.385 e. The summed E-state index contributed by atoms with van der Waals surface area (Å²) in [4.78, 5) is 5.76. The monoisotopic (exact) mass is 279 g/mol. The van der Waals surface area contributed by atoms with E-state index in [0.29, 0.717) is 0 Å². The topological polar surface area (TPSA) is 39.1 Å².